The topological polar surface area (TPSA) is 86.7 Å². The minimum absolute atomic E-state index is 0. The molecule has 0 fully saturated rings. The summed E-state index contributed by atoms with van der Waals surface area (Å²) in [6, 6.07) is 13.0. The molecule has 0 aliphatic heterocycles. The van der Waals surface area contributed by atoms with Gasteiger partial charge in [-0.05, 0) is 41.8 Å². The van der Waals surface area contributed by atoms with Gasteiger partial charge in [-0.3, -0.25) is 0 Å². The molecule has 0 aliphatic rings. The van der Waals surface area contributed by atoms with E-state index in [0.29, 0.717) is 6.42 Å². The van der Waals surface area contributed by atoms with Crippen LogP contribution in [0.15, 0.2) is 48.5 Å². The summed E-state index contributed by atoms with van der Waals surface area (Å²) in [6.45, 7) is 0. The average molecular weight is 302 g/mol. The molecule has 0 amide bonds. The maximum absolute atomic E-state index is 10.4. The molecule has 0 bridgehead atoms. The van der Waals surface area contributed by atoms with Crippen LogP contribution in [0, 0.1) is 0 Å². The van der Waals surface area contributed by atoms with E-state index in [4.69, 9.17) is 5.11 Å². The van der Waals surface area contributed by atoms with Gasteiger partial charge in [-0.2, -0.15) is 0 Å². The quantitative estimate of drug-likeness (QED) is 0.437. The average Bonchev–Trinajstić information content (AvgIpc) is 2.33. The first-order valence-corrected chi connectivity index (χ1v) is 6.78. The van der Waals surface area contributed by atoms with Crippen LogP contribution in [-0.4, -0.2) is 18.1 Å². The zero-order valence-electron chi connectivity index (χ0n) is 10.8. The monoisotopic (exact) mass is 302 g/mol. The minimum Gasteiger partial charge on any atom is -0.716 e. The molecule has 2 aromatic carbocycles. The van der Waals surface area contributed by atoms with Gasteiger partial charge in [-0.1, -0.05) is 24.3 Å². The van der Waals surface area contributed by atoms with Crippen LogP contribution in [-0.2, 0) is 16.8 Å². The van der Waals surface area contributed by atoms with Gasteiger partial charge in [0.2, 0.25) is 0 Å². The Kier molecular flexibility index (Phi) is 6.04. The molecular weight excluding hydrogens is 291 g/mol. The molecular formula is C13H11NaO5S. The van der Waals surface area contributed by atoms with Gasteiger partial charge in [0.15, 0.2) is 0 Å². The van der Waals surface area contributed by atoms with Crippen LogP contribution in [0.2, 0.25) is 0 Å². The van der Waals surface area contributed by atoms with Crippen molar-refractivity contribution in [3.63, 3.8) is 0 Å². The Bertz CT molecular complexity index is 650. The summed E-state index contributed by atoms with van der Waals surface area (Å²) in [6.07, 6.45) is 0.630. The van der Waals surface area contributed by atoms with Crippen LogP contribution in [0.5, 0.6) is 11.5 Å². The van der Waals surface area contributed by atoms with Crippen molar-refractivity contribution in [3.05, 3.63) is 59.7 Å². The summed E-state index contributed by atoms with van der Waals surface area (Å²) in [5.74, 6) is 0.192. The summed E-state index contributed by atoms with van der Waals surface area (Å²) >= 11 is 0. The van der Waals surface area contributed by atoms with E-state index >= 15 is 0 Å². The Balaban J connectivity index is 0.00000200. The molecule has 100 valence electrons. The van der Waals surface area contributed by atoms with E-state index in [1.807, 2.05) is 0 Å². The molecule has 20 heavy (non-hydrogen) atoms. The van der Waals surface area contributed by atoms with E-state index in [1.165, 1.54) is 12.1 Å². The molecule has 7 heteroatoms. The van der Waals surface area contributed by atoms with E-state index in [1.54, 1.807) is 36.4 Å². The summed E-state index contributed by atoms with van der Waals surface area (Å²) < 4.78 is 35.4. The molecule has 0 aromatic heterocycles. The molecule has 0 saturated heterocycles. The third kappa shape index (κ3) is 5.52. The second-order valence-corrected chi connectivity index (χ2v) is 4.96. The minimum atomic E-state index is -4.73. The molecule has 0 heterocycles. The van der Waals surface area contributed by atoms with Crippen molar-refractivity contribution in [3.8, 4) is 11.5 Å². The fourth-order valence-corrected chi connectivity index (χ4v) is 1.98. The molecule has 0 aliphatic carbocycles. The first-order chi connectivity index (χ1) is 8.92. The zero-order chi connectivity index (χ0) is 13.9. The van der Waals surface area contributed by atoms with Gasteiger partial charge in [0.05, 0.1) is 0 Å². The molecule has 1 N–H and O–H groups in total. The maximum atomic E-state index is 10.4. The molecule has 0 atom stereocenters. The van der Waals surface area contributed by atoms with Crippen LogP contribution in [0.25, 0.3) is 0 Å². The van der Waals surface area contributed by atoms with Gasteiger partial charge in [0.1, 0.15) is 11.5 Å². The fraction of sp³-hybridized carbons (Fsp3) is 0.0769. The van der Waals surface area contributed by atoms with Crippen molar-refractivity contribution in [2.75, 3.05) is 0 Å². The third-order valence-corrected chi connectivity index (χ3v) is 2.86. The number of phenolic OH excluding ortho intramolecular Hbond substituents is 1. The van der Waals surface area contributed by atoms with Gasteiger partial charge in [-0.15, -0.1) is 0 Å². The maximum Gasteiger partial charge on any atom is 1.00 e. The Labute approximate surface area is 139 Å². The van der Waals surface area contributed by atoms with Crippen molar-refractivity contribution >= 4 is 10.4 Å². The van der Waals surface area contributed by atoms with Crippen LogP contribution in [0.1, 0.15) is 11.1 Å². The van der Waals surface area contributed by atoms with Crippen LogP contribution in [0.3, 0.4) is 0 Å². The zero-order valence-corrected chi connectivity index (χ0v) is 13.6. The number of hydrogen-bond donors (Lipinski definition) is 1. The van der Waals surface area contributed by atoms with E-state index < -0.39 is 10.4 Å². The van der Waals surface area contributed by atoms with E-state index in [2.05, 4.69) is 4.18 Å². The third-order valence-electron chi connectivity index (χ3n) is 2.47. The predicted octanol–water partition coefficient (Wildman–Crippen LogP) is -1.17. The van der Waals surface area contributed by atoms with Gasteiger partial charge in [0, 0.05) is 0 Å². The molecule has 5 nitrogen and oxygen atoms in total. The van der Waals surface area contributed by atoms with Crippen molar-refractivity contribution in [2.24, 2.45) is 0 Å². The van der Waals surface area contributed by atoms with Gasteiger partial charge < -0.3 is 13.8 Å². The second kappa shape index (κ2) is 7.10. The van der Waals surface area contributed by atoms with Crippen LogP contribution < -0.4 is 33.7 Å². The second-order valence-electron chi connectivity index (χ2n) is 3.98. The smallest absolute Gasteiger partial charge is 0.716 e. The van der Waals surface area contributed by atoms with Crippen molar-refractivity contribution < 1.29 is 51.8 Å². The Morgan fingerprint density at radius 3 is 1.85 bits per heavy atom. The number of rotatable bonds is 4. The van der Waals surface area contributed by atoms with Crippen molar-refractivity contribution in [1.29, 1.82) is 0 Å². The SMILES string of the molecule is O=S(=O)([O-])Oc1ccc(Cc2ccc(O)cc2)cc1.[Na+]. The molecule has 2 rings (SSSR count). The number of hydrogen-bond acceptors (Lipinski definition) is 5. The fourth-order valence-electron chi connectivity index (χ4n) is 1.63. The Hall–Kier alpha value is -1.05. The predicted molar refractivity (Wildman–Crippen MR) is 67.7 cm³/mol. The van der Waals surface area contributed by atoms with Crippen molar-refractivity contribution in [2.45, 2.75) is 6.42 Å². The van der Waals surface area contributed by atoms with Crippen LogP contribution in [0.4, 0.5) is 0 Å². The van der Waals surface area contributed by atoms with Gasteiger partial charge >= 0.3 is 29.6 Å². The first-order valence-electron chi connectivity index (χ1n) is 5.44. The summed E-state index contributed by atoms with van der Waals surface area (Å²) in [7, 11) is -4.73. The molecule has 0 radical (unpaired) electrons. The molecule has 0 saturated carbocycles. The largest absolute Gasteiger partial charge is 1.00 e. The summed E-state index contributed by atoms with van der Waals surface area (Å²) in [4.78, 5) is 0. The first kappa shape index (κ1) is 17.0. The normalized spacial score (nSPS) is 10.7. The van der Waals surface area contributed by atoms with Gasteiger partial charge in [0.25, 0.3) is 10.4 Å². The van der Waals surface area contributed by atoms with E-state index in [9.17, 15) is 13.0 Å². The Morgan fingerprint density at radius 2 is 1.40 bits per heavy atom. The number of benzene rings is 2. The van der Waals surface area contributed by atoms with Crippen LogP contribution >= 0.6 is 0 Å². The molecule has 0 spiro atoms. The molecule has 2 aromatic rings. The van der Waals surface area contributed by atoms with Gasteiger partial charge in [-0.25, -0.2) is 8.42 Å². The number of aromatic hydroxyl groups is 1. The van der Waals surface area contributed by atoms with E-state index in [-0.39, 0.29) is 41.1 Å². The van der Waals surface area contributed by atoms with E-state index in [0.717, 1.165) is 11.1 Å². The van der Waals surface area contributed by atoms with Crippen molar-refractivity contribution in [1.82, 2.24) is 0 Å². The number of phenols is 1. The summed E-state index contributed by atoms with van der Waals surface area (Å²) in [5.41, 5.74) is 1.93. The standard InChI is InChI=1S/C13H12O5S.Na/c14-12-5-1-10(2-6-12)9-11-3-7-13(8-4-11)18-19(15,16)17;/h1-8,14H,9H2,(H,15,16,17);/q;+1/p-1. The molecule has 0 unspecified atom stereocenters. The Morgan fingerprint density at radius 1 is 0.950 bits per heavy atom. The summed E-state index contributed by atoms with van der Waals surface area (Å²) in [5, 5.41) is 9.16.